The first-order chi connectivity index (χ1) is 8.72. The van der Waals surface area contributed by atoms with Crippen molar-refractivity contribution in [1.82, 2.24) is 10.3 Å². The van der Waals surface area contributed by atoms with Crippen LogP contribution in [0.1, 0.15) is 22.3 Å². The van der Waals surface area contributed by atoms with E-state index < -0.39 is 0 Å². The zero-order chi connectivity index (χ0) is 13.0. The minimum Gasteiger partial charge on any atom is -0.497 e. The number of aryl methyl sites for hydroxylation is 1. The van der Waals surface area contributed by atoms with Crippen molar-refractivity contribution >= 4 is 11.3 Å². The Kier molecular flexibility index (Phi) is 4.33. The van der Waals surface area contributed by atoms with Crippen LogP contribution in [-0.4, -0.2) is 19.1 Å². The summed E-state index contributed by atoms with van der Waals surface area (Å²) in [5.74, 6) is 0.891. The van der Waals surface area contributed by atoms with Gasteiger partial charge >= 0.3 is 0 Å². The van der Waals surface area contributed by atoms with Crippen LogP contribution in [-0.2, 0) is 6.42 Å². The lowest BCUT2D eigenvalue weighted by Gasteiger charge is -2.16. The second-order valence-electron chi connectivity index (χ2n) is 4.18. The highest BCUT2D eigenvalue weighted by atomic mass is 32.1. The number of methoxy groups -OCH3 is 1. The van der Waals surface area contributed by atoms with Gasteiger partial charge in [-0.3, -0.25) is 0 Å². The molecule has 2 rings (SSSR count). The van der Waals surface area contributed by atoms with Crippen LogP contribution in [0.5, 0.6) is 5.75 Å². The lowest BCUT2D eigenvalue weighted by Crippen LogP contribution is -2.19. The molecule has 1 heterocycles. The van der Waals surface area contributed by atoms with Gasteiger partial charge in [-0.15, -0.1) is 11.3 Å². The molecule has 1 atom stereocenters. The van der Waals surface area contributed by atoms with Gasteiger partial charge in [0, 0.05) is 17.8 Å². The van der Waals surface area contributed by atoms with E-state index in [0.29, 0.717) is 0 Å². The zero-order valence-electron chi connectivity index (χ0n) is 10.9. The molecule has 96 valence electrons. The highest BCUT2D eigenvalue weighted by Gasteiger charge is 2.12. The molecule has 0 radical (unpaired) electrons. The SMILES string of the molecule is CNC(Cc1csc(C)n1)c1cccc(OC)c1. The summed E-state index contributed by atoms with van der Waals surface area (Å²) in [6.45, 7) is 2.04. The van der Waals surface area contributed by atoms with Gasteiger partial charge in [0.1, 0.15) is 5.75 Å². The molecule has 18 heavy (non-hydrogen) atoms. The second-order valence-corrected chi connectivity index (χ2v) is 5.24. The summed E-state index contributed by atoms with van der Waals surface area (Å²) in [6, 6.07) is 8.43. The van der Waals surface area contributed by atoms with Crippen LogP contribution in [0.4, 0.5) is 0 Å². The summed E-state index contributed by atoms with van der Waals surface area (Å²) in [6.07, 6.45) is 0.897. The summed E-state index contributed by atoms with van der Waals surface area (Å²) in [4.78, 5) is 4.51. The van der Waals surface area contributed by atoms with Crippen LogP contribution in [0.15, 0.2) is 29.6 Å². The Labute approximate surface area is 112 Å². The van der Waals surface area contributed by atoms with E-state index >= 15 is 0 Å². The quantitative estimate of drug-likeness (QED) is 0.899. The molecule has 0 fully saturated rings. The molecule has 0 bridgehead atoms. The number of rotatable bonds is 5. The van der Waals surface area contributed by atoms with E-state index in [1.165, 1.54) is 5.56 Å². The molecule has 0 aliphatic carbocycles. The van der Waals surface area contributed by atoms with Crippen LogP contribution in [0.3, 0.4) is 0 Å². The summed E-state index contributed by atoms with van der Waals surface area (Å²) in [7, 11) is 3.67. The first-order valence-electron chi connectivity index (χ1n) is 5.95. The van der Waals surface area contributed by atoms with Crippen molar-refractivity contribution in [3.63, 3.8) is 0 Å². The van der Waals surface area contributed by atoms with E-state index in [1.807, 2.05) is 26.1 Å². The standard InChI is InChI=1S/C14H18N2OS/c1-10-16-12(9-18-10)8-14(15-2)11-5-4-6-13(7-11)17-3/h4-7,9,14-15H,8H2,1-3H3. The highest BCUT2D eigenvalue weighted by molar-refractivity contribution is 7.09. The van der Waals surface area contributed by atoms with Crippen LogP contribution < -0.4 is 10.1 Å². The Morgan fingerprint density at radius 1 is 1.44 bits per heavy atom. The number of hydrogen-bond acceptors (Lipinski definition) is 4. The molecule has 0 spiro atoms. The van der Waals surface area contributed by atoms with Crippen LogP contribution >= 0.6 is 11.3 Å². The van der Waals surface area contributed by atoms with Gasteiger partial charge < -0.3 is 10.1 Å². The molecule has 0 saturated heterocycles. The van der Waals surface area contributed by atoms with Gasteiger partial charge in [0.15, 0.2) is 0 Å². The lowest BCUT2D eigenvalue weighted by atomic mass is 10.0. The molecule has 1 unspecified atom stereocenters. The molecule has 1 N–H and O–H groups in total. The van der Waals surface area contributed by atoms with Crippen LogP contribution in [0.25, 0.3) is 0 Å². The molecule has 0 aliphatic heterocycles. The van der Waals surface area contributed by atoms with Crippen molar-refractivity contribution in [2.45, 2.75) is 19.4 Å². The van der Waals surface area contributed by atoms with E-state index in [2.05, 4.69) is 27.8 Å². The Balaban J connectivity index is 2.17. The molecule has 0 saturated carbocycles. The van der Waals surface area contributed by atoms with Gasteiger partial charge in [0.05, 0.1) is 17.8 Å². The number of likely N-dealkylation sites (N-methyl/N-ethyl adjacent to an activating group) is 1. The van der Waals surface area contributed by atoms with Gasteiger partial charge in [-0.2, -0.15) is 0 Å². The molecule has 1 aromatic heterocycles. The molecule has 0 aliphatic rings. The van der Waals surface area contributed by atoms with Crippen molar-refractivity contribution in [1.29, 1.82) is 0 Å². The molecular weight excluding hydrogens is 244 g/mol. The van der Waals surface area contributed by atoms with E-state index in [1.54, 1.807) is 18.4 Å². The maximum atomic E-state index is 5.26. The Bertz CT molecular complexity index is 510. The fourth-order valence-corrected chi connectivity index (χ4v) is 2.58. The van der Waals surface area contributed by atoms with Crippen molar-refractivity contribution in [3.8, 4) is 5.75 Å². The maximum Gasteiger partial charge on any atom is 0.119 e. The number of ether oxygens (including phenoxy) is 1. The van der Waals surface area contributed by atoms with Crippen molar-refractivity contribution in [3.05, 3.63) is 45.9 Å². The number of benzene rings is 1. The molecule has 4 heteroatoms. The minimum absolute atomic E-state index is 0.265. The first kappa shape index (κ1) is 13.1. The number of nitrogens with zero attached hydrogens (tertiary/aromatic N) is 1. The average molecular weight is 262 g/mol. The van der Waals surface area contributed by atoms with E-state index in [0.717, 1.165) is 22.9 Å². The summed E-state index contributed by atoms with van der Waals surface area (Å²) in [5.41, 5.74) is 2.36. The third-order valence-corrected chi connectivity index (χ3v) is 3.75. The third-order valence-electron chi connectivity index (χ3n) is 2.92. The van der Waals surface area contributed by atoms with Gasteiger partial charge in [-0.25, -0.2) is 4.98 Å². The fourth-order valence-electron chi connectivity index (χ4n) is 1.96. The van der Waals surface area contributed by atoms with Crippen LogP contribution in [0.2, 0.25) is 0 Å². The number of aromatic nitrogens is 1. The van der Waals surface area contributed by atoms with E-state index in [-0.39, 0.29) is 6.04 Å². The monoisotopic (exact) mass is 262 g/mol. The average Bonchev–Trinajstić information content (AvgIpc) is 2.81. The van der Waals surface area contributed by atoms with Crippen molar-refractivity contribution in [2.75, 3.05) is 14.2 Å². The predicted molar refractivity (Wildman–Crippen MR) is 75.3 cm³/mol. The largest absolute Gasteiger partial charge is 0.497 e. The summed E-state index contributed by atoms with van der Waals surface area (Å²) in [5, 5.41) is 6.58. The fraction of sp³-hybridized carbons (Fsp3) is 0.357. The lowest BCUT2D eigenvalue weighted by molar-refractivity contribution is 0.413. The maximum absolute atomic E-state index is 5.26. The number of thiazole rings is 1. The topological polar surface area (TPSA) is 34.2 Å². The smallest absolute Gasteiger partial charge is 0.119 e. The summed E-state index contributed by atoms with van der Waals surface area (Å²) < 4.78 is 5.26. The molecule has 2 aromatic rings. The van der Waals surface area contributed by atoms with E-state index in [4.69, 9.17) is 4.74 Å². The van der Waals surface area contributed by atoms with Crippen molar-refractivity contribution in [2.24, 2.45) is 0 Å². The third kappa shape index (κ3) is 3.09. The first-order valence-corrected chi connectivity index (χ1v) is 6.83. The molecule has 1 aromatic carbocycles. The number of nitrogens with one attached hydrogen (secondary N) is 1. The van der Waals surface area contributed by atoms with Gasteiger partial charge in [0.25, 0.3) is 0 Å². The predicted octanol–water partition coefficient (Wildman–Crippen LogP) is 2.96. The molecule has 0 amide bonds. The Hall–Kier alpha value is -1.39. The van der Waals surface area contributed by atoms with Crippen LogP contribution in [0, 0.1) is 6.92 Å². The normalized spacial score (nSPS) is 12.4. The number of hydrogen-bond donors (Lipinski definition) is 1. The van der Waals surface area contributed by atoms with E-state index in [9.17, 15) is 0 Å². The van der Waals surface area contributed by atoms with Gasteiger partial charge in [-0.1, -0.05) is 12.1 Å². The molecule has 3 nitrogen and oxygen atoms in total. The highest BCUT2D eigenvalue weighted by Crippen LogP contribution is 2.22. The Morgan fingerprint density at radius 3 is 2.89 bits per heavy atom. The Morgan fingerprint density at radius 2 is 2.28 bits per heavy atom. The summed E-state index contributed by atoms with van der Waals surface area (Å²) >= 11 is 1.70. The molecular formula is C14H18N2OS. The second kappa shape index (κ2) is 5.98. The van der Waals surface area contributed by atoms with Crippen molar-refractivity contribution < 1.29 is 4.74 Å². The van der Waals surface area contributed by atoms with Gasteiger partial charge in [-0.05, 0) is 31.7 Å². The van der Waals surface area contributed by atoms with Gasteiger partial charge in [0.2, 0.25) is 0 Å². The minimum atomic E-state index is 0.265. The zero-order valence-corrected chi connectivity index (χ0v) is 11.8.